The molecule has 2 rings (SSSR count). The molecule has 0 fully saturated rings. The van der Waals surface area contributed by atoms with E-state index in [0.717, 1.165) is 21.3 Å². The summed E-state index contributed by atoms with van der Waals surface area (Å²) < 4.78 is 0. The summed E-state index contributed by atoms with van der Waals surface area (Å²) in [6, 6.07) is 10.3. The molecule has 0 aliphatic rings. The van der Waals surface area contributed by atoms with Crippen LogP contribution >= 0.6 is 0 Å². The van der Waals surface area contributed by atoms with Gasteiger partial charge in [0.15, 0.2) is 0 Å². The van der Waals surface area contributed by atoms with Gasteiger partial charge in [-0.1, -0.05) is 64.1 Å². The van der Waals surface area contributed by atoms with E-state index in [1.165, 1.54) is 16.7 Å². The highest BCUT2D eigenvalue weighted by Gasteiger charge is 2.28. The lowest BCUT2D eigenvalue weighted by Gasteiger charge is -2.33. The van der Waals surface area contributed by atoms with E-state index in [0.29, 0.717) is 29.1 Å². The summed E-state index contributed by atoms with van der Waals surface area (Å²) >= 11 is 0. The maximum atomic E-state index is 13.3. The zero-order valence-corrected chi connectivity index (χ0v) is 22.8. The zero-order valence-electron chi connectivity index (χ0n) is 22.8. The van der Waals surface area contributed by atoms with E-state index in [4.69, 9.17) is 0 Å². The van der Waals surface area contributed by atoms with Crippen molar-refractivity contribution in [2.24, 2.45) is 0 Å². The van der Waals surface area contributed by atoms with Crippen LogP contribution in [0.2, 0.25) is 0 Å². The Balaban J connectivity index is 2.95. The molecule has 2 aromatic carbocycles. The Kier molecular flexibility index (Phi) is 7.98. The highest BCUT2D eigenvalue weighted by Crippen LogP contribution is 2.42. The van der Waals surface area contributed by atoms with E-state index in [-0.39, 0.29) is 0 Å². The maximum absolute atomic E-state index is 13.3. The fourth-order valence-corrected chi connectivity index (χ4v) is 4.04. The van der Waals surface area contributed by atoms with Crippen molar-refractivity contribution in [1.29, 1.82) is 0 Å². The molecule has 0 aliphatic heterocycles. The number of anilines is 2. The first-order valence-corrected chi connectivity index (χ1v) is 12.2. The Morgan fingerprint density at radius 3 is 1.21 bits per heavy atom. The van der Waals surface area contributed by atoms with Gasteiger partial charge in [0.05, 0.1) is 22.5 Å². The fourth-order valence-electron chi connectivity index (χ4n) is 4.04. The molecule has 0 spiro atoms. The standard InChI is InChI=1S/C29H44N2O2/c1-18(2)21-15-25(19(3)4)27(26(16-21)20(5)6)22-13-23(30(32)28(7,8)9)17-24(14-22)31(33)29(10,11)12/h13-20H,1-12H3. The third-order valence-corrected chi connectivity index (χ3v) is 6.01. The molecule has 33 heavy (non-hydrogen) atoms. The lowest BCUT2D eigenvalue weighted by molar-refractivity contribution is 0.0985. The molecule has 0 saturated heterocycles. The third kappa shape index (κ3) is 6.10. The van der Waals surface area contributed by atoms with E-state index in [2.05, 4.69) is 53.7 Å². The summed E-state index contributed by atoms with van der Waals surface area (Å²) in [4.78, 5) is 0. The van der Waals surface area contributed by atoms with E-state index in [9.17, 15) is 10.4 Å². The van der Waals surface area contributed by atoms with Crippen LogP contribution in [-0.2, 0) is 10.4 Å². The molecule has 0 heterocycles. The lowest BCUT2D eigenvalue weighted by atomic mass is 9.81. The van der Waals surface area contributed by atoms with Crippen LogP contribution in [0.15, 0.2) is 30.3 Å². The number of benzene rings is 2. The average molecular weight is 453 g/mol. The monoisotopic (exact) mass is 452 g/mol. The van der Waals surface area contributed by atoms with E-state index in [1.807, 2.05) is 53.7 Å². The fraction of sp³-hybridized carbons (Fsp3) is 0.586. The molecule has 182 valence electrons. The summed E-state index contributed by atoms with van der Waals surface area (Å²) in [5.74, 6) is 1.03. The van der Waals surface area contributed by atoms with E-state index < -0.39 is 11.1 Å². The predicted molar refractivity (Wildman–Crippen MR) is 140 cm³/mol. The Morgan fingerprint density at radius 2 is 0.939 bits per heavy atom. The second-order valence-corrected chi connectivity index (χ2v) is 12.2. The molecule has 0 unspecified atom stereocenters. The van der Waals surface area contributed by atoms with Crippen LogP contribution in [0.1, 0.15) is 118 Å². The van der Waals surface area contributed by atoms with E-state index in [1.54, 1.807) is 6.07 Å². The minimum absolute atomic E-state index is 0.306. The summed E-state index contributed by atoms with van der Waals surface area (Å²) in [6.45, 7) is 24.6. The molecule has 0 aromatic heterocycles. The van der Waals surface area contributed by atoms with Crippen LogP contribution in [0.3, 0.4) is 0 Å². The van der Waals surface area contributed by atoms with Gasteiger partial charge in [-0.2, -0.15) is 0 Å². The first kappa shape index (κ1) is 27.2. The quantitative estimate of drug-likeness (QED) is 0.412. The van der Waals surface area contributed by atoms with Crippen molar-refractivity contribution in [3.63, 3.8) is 0 Å². The van der Waals surface area contributed by atoms with E-state index >= 15 is 0 Å². The Bertz CT molecular complexity index is 895. The minimum Gasteiger partial charge on any atom is -0.215 e. The molecule has 2 aromatic rings. The van der Waals surface area contributed by atoms with Gasteiger partial charge in [-0.05, 0) is 105 Å². The number of nitrogens with zero attached hydrogens (tertiary/aromatic N) is 2. The van der Waals surface area contributed by atoms with Crippen molar-refractivity contribution in [1.82, 2.24) is 0 Å². The molecule has 0 atom stereocenters. The van der Waals surface area contributed by atoms with Crippen LogP contribution in [0.5, 0.6) is 0 Å². The number of rotatable bonds is 6. The van der Waals surface area contributed by atoms with Crippen molar-refractivity contribution >= 4 is 11.4 Å². The molecule has 4 nitrogen and oxygen atoms in total. The number of hydrogen-bond donors (Lipinski definition) is 0. The molecule has 2 radical (unpaired) electrons. The summed E-state index contributed by atoms with van der Waals surface area (Å²) in [5, 5.41) is 28.5. The van der Waals surface area contributed by atoms with Gasteiger partial charge in [0, 0.05) is 0 Å². The van der Waals surface area contributed by atoms with Gasteiger partial charge in [0.2, 0.25) is 0 Å². The molecule has 0 N–H and O–H groups in total. The summed E-state index contributed by atoms with van der Waals surface area (Å²) in [7, 11) is 0. The smallest absolute Gasteiger partial charge is 0.0701 e. The van der Waals surface area contributed by atoms with Crippen molar-refractivity contribution in [2.45, 2.75) is 112 Å². The van der Waals surface area contributed by atoms with Crippen molar-refractivity contribution in [3.05, 3.63) is 47.0 Å². The van der Waals surface area contributed by atoms with Crippen LogP contribution in [0.4, 0.5) is 11.4 Å². The minimum atomic E-state index is -0.616. The highest BCUT2D eigenvalue weighted by atomic mass is 16.5. The Labute approximate surface area is 202 Å². The Hall–Kier alpha value is -2.04. The van der Waals surface area contributed by atoms with Gasteiger partial charge >= 0.3 is 0 Å². The van der Waals surface area contributed by atoms with Gasteiger partial charge in [0.1, 0.15) is 0 Å². The molecule has 0 bridgehead atoms. The largest absolute Gasteiger partial charge is 0.215 e. The topological polar surface area (TPSA) is 46.3 Å². The Morgan fingerprint density at radius 1 is 0.576 bits per heavy atom. The summed E-state index contributed by atoms with van der Waals surface area (Å²) in [6.07, 6.45) is 0. The van der Waals surface area contributed by atoms with Crippen LogP contribution < -0.4 is 10.1 Å². The number of hydrogen-bond acceptors (Lipinski definition) is 2. The second kappa shape index (κ2) is 9.68. The molecule has 0 aliphatic carbocycles. The molecular formula is C29H44N2O2. The SMILES string of the molecule is CC(C)c1cc(C(C)C)c(-c2cc(N([O])C(C)(C)C)cc(N([O])C(C)(C)C)c2)c(C(C)C)c1. The van der Waals surface area contributed by atoms with Gasteiger partial charge < -0.3 is 0 Å². The van der Waals surface area contributed by atoms with Crippen molar-refractivity contribution in [2.75, 3.05) is 10.1 Å². The molecule has 4 heteroatoms. The summed E-state index contributed by atoms with van der Waals surface area (Å²) in [5.41, 5.74) is 5.71. The zero-order chi connectivity index (χ0) is 25.5. The van der Waals surface area contributed by atoms with Gasteiger partial charge in [-0.15, -0.1) is 0 Å². The first-order chi connectivity index (χ1) is 14.9. The normalized spacial score (nSPS) is 12.8. The third-order valence-electron chi connectivity index (χ3n) is 6.01. The average Bonchev–Trinajstić information content (AvgIpc) is 2.69. The molecular weight excluding hydrogens is 408 g/mol. The maximum Gasteiger partial charge on any atom is 0.0701 e. The number of hydroxylamine groups is 2. The molecule has 0 amide bonds. The first-order valence-electron chi connectivity index (χ1n) is 12.2. The van der Waals surface area contributed by atoms with Crippen LogP contribution in [0, 0.1) is 0 Å². The van der Waals surface area contributed by atoms with Crippen molar-refractivity contribution in [3.8, 4) is 11.1 Å². The van der Waals surface area contributed by atoms with Crippen LogP contribution in [-0.4, -0.2) is 11.1 Å². The predicted octanol–water partition coefficient (Wildman–Crippen LogP) is 8.62. The van der Waals surface area contributed by atoms with Gasteiger partial charge in [-0.3, -0.25) is 0 Å². The lowest BCUT2D eigenvalue weighted by Crippen LogP contribution is -2.39. The highest BCUT2D eigenvalue weighted by molar-refractivity contribution is 5.80. The van der Waals surface area contributed by atoms with Crippen LogP contribution in [0.25, 0.3) is 11.1 Å². The van der Waals surface area contributed by atoms with Crippen molar-refractivity contribution < 1.29 is 10.4 Å². The second-order valence-electron chi connectivity index (χ2n) is 12.2. The molecule has 0 saturated carbocycles. The van der Waals surface area contributed by atoms with Gasteiger partial charge in [-0.25, -0.2) is 10.1 Å². The van der Waals surface area contributed by atoms with Gasteiger partial charge in [0.25, 0.3) is 0 Å².